The van der Waals surface area contributed by atoms with Crippen LogP contribution < -0.4 is 10.6 Å². The van der Waals surface area contributed by atoms with Crippen LogP contribution in [0.1, 0.15) is 6.92 Å². The molecule has 0 unspecified atom stereocenters. The first-order valence-corrected chi connectivity index (χ1v) is 8.47. The topological polar surface area (TPSA) is 92.3 Å². The predicted octanol–water partition coefficient (Wildman–Crippen LogP) is 2.06. The van der Waals surface area contributed by atoms with E-state index in [0.717, 1.165) is 0 Å². The van der Waals surface area contributed by atoms with Crippen molar-refractivity contribution in [2.45, 2.75) is 11.8 Å². The Labute approximate surface area is 134 Å². The molecule has 2 amide bonds. The van der Waals surface area contributed by atoms with Gasteiger partial charge in [0.2, 0.25) is 11.8 Å². The van der Waals surface area contributed by atoms with E-state index in [-0.39, 0.29) is 10.8 Å². The van der Waals surface area contributed by atoms with Crippen LogP contribution in [0.3, 0.4) is 0 Å². The Morgan fingerprint density at radius 2 is 1.43 bits per heavy atom. The third kappa shape index (κ3) is 4.93. The van der Waals surface area contributed by atoms with Gasteiger partial charge in [-0.3, -0.25) is 9.59 Å². The second kappa shape index (κ2) is 7.06. The first-order chi connectivity index (χ1) is 10.9. The summed E-state index contributed by atoms with van der Waals surface area (Å²) in [4.78, 5) is 22.8. The zero-order valence-electron chi connectivity index (χ0n) is 12.4. The van der Waals surface area contributed by atoms with Crippen LogP contribution in [-0.2, 0) is 19.4 Å². The molecule has 0 fully saturated rings. The largest absolute Gasteiger partial charge is 0.326 e. The van der Waals surface area contributed by atoms with Crippen molar-refractivity contribution in [2.24, 2.45) is 0 Å². The zero-order chi connectivity index (χ0) is 16.9. The van der Waals surface area contributed by atoms with Gasteiger partial charge in [-0.25, -0.2) is 8.42 Å². The molecule has 0 saturated heterocycles. The maximum absolute atomic E-state index is 12.2. The number of benzene rings is 2. The minimum absolute atomic E-state index is 0.0230. The van der Waals surface area contributed by atoms with Crippen molar-refractivity contribution in [2.75, 3.05) is 16.4 Å². The molecule has 0 aromatic heterocycles. The van der Waals surface area contributed by atoms with E-state index < -0.39 is 21.5 Å². The Morgan fingerprint density at radius 3 is 2.00 bits per heavy atom. The molecule has 0 aliphatic carbocycles. The summed E-state index contributed by atoms with van der Waals surface area (Å²) >= 11 is 0. The van der Waals surface area contributed by atoms with Crippen LogP contribution in [0.5, 0.6) is 0 Å². The van der Waals surface area contributed by atoms with Gasteiger partial charge in [0.05, 0.1) is 4.90 Å². The second-order valence-corrected chi connectivity index (χ2v) is 6.87. The third-order valence-electron chi connectivity index (χ3n) is 2.91. The lowest BCUT2D eigenvalue weighted by molar-refractivity contribution is -0.114. The van der Waals surface area contributed by atoms with Crippen LogP contribution in [0.15, 0.2) is 59.5 Å². The van der Waals surface area contributed by atoms with Crippen LogP contribution in [0, 0.1) is 0 Å². The lowest BCUT2D eigenvalue weighted by Crippen LogP contribution is -2.23. The Bertz CT molecular complexity index is 800. The van der Waals surface area contributed by atoms with Crippen molar-refractivity contribution in [1.82, 2.24) is 0 Å². The fourth-order valence-corrected chi connectivity index (χ4v) is 3.06. The summed E-state index contributed by atoms with van der Waals surface area (Å²) in [6.45, 7) is 1.36. The molecule has 0 heterocycles. The maximum Gasteiger partial charge on any atom is 0.239 e. The summed E-state index contributed by atoms with van der Waals surface area (Å²) in [7, 11) is -3.75. The number of hydrogen-bond acceptors (Lipinski definition) is 4. The summed E-state index contributed by atoms with van der Waals surface area (Å²) in [5, 5.41) is 5.07. The zero-order valence-corrected chi connectivity index (χ0v) is 13.3. The number of para-hydroxylation sites is 1. The van der Waals surface area contributed by atoms with Gasteiger partial charge in [-0.1, -0.05) is 18.2 Å². The van der Waals surface area contributed by atoms with E-state index >= 15 is 0 Å². The number of carbonyl (C=O) groups excluding carboxylic acids is 2. The van der Waals surface area contributed by atoms with E-state index in [1.165, 1.54) is 31.2 Å². The number of amides is 2. The number of anilines is 2. The molecule has 0 aliphatic heterocycles. The molecule has 2 N–H and O–H groups in total. The average Bonchev–Trinajstić information content (AvgIpc) is 2.47. The third-order valence-corrected chi connectivity index (χ3v) is 4.55. The Hall–Kier alpha value is -2.67. The molecule has 0 spiro atoms. The quantitative estimate of drug-likeness (QED) is 0.876. The number of rotatable bonds is 5. The second-order valence-electron chi connectivity index (χ2n) is 4.88. The molecule has 6 nitrogen and oxygen atoms in total. The monoisotopic (exact) mass is 332 g/mol. The first-order valence-electron chi connectivity index (χ1n) is 6.82. The van der Waals surface area contributed by atoms with Gasteiger partial charge in [0.15, 0.2) is 9.84 Å². The molecule has 0 saturated carbocycles. The van der Waals surface area contributed by atoms with E-state index in [1.54, 1.807) is 30.3 Å². The molecule has 7 heteroatoms. The SMILES string of the molecule is CC(=O)Nc1ccc(S(=O)(=O)CC(=O)Nc2ccccc2)cc1. The van der Waals surface area contributed by atoms with Crippen molar-refractivity contribution >= 4 is 33.0 Å². The van der Waals surface area contributed by atoms with Crippen LogP contribution in [0.4, 0.5) is 11.4 Å². The van der Waals surface area contributed by atoms with Crippen LogP contribution in [0.2, 0.25) is 0 Å². The molecule has 0 bridgehead atoms. The molecule has 2 aromatic rings. The average molecular weight is 332 g/mol. The fraction of sp³-hybridized carbons (Fsp3) is 0.125. The highest BCUT2D eigenvalue weighted by Crippen LogP contribution is 2.16. The highest BCUT2D eigenvalue weighted by molar-refractivity contribution is 7.92. The number of nitrogens with one attached hydrogen (secondary N) is 2. The van der Waals surface area contributed by atoms with E-state index in [1.807, 2.05) is 0 Å². The van der Waals surface area contributed by atoms with Gasteiger partial charge in [-0.2, -0.15) is 0 Å². The highest BCUT2D eigenvalue weighted by Gasteiger charge is 2.19. The van der Waals surface area contributed by atoms with Crippen molar-refractivity contribution < 1.29 is 18.0 Å². The standard InChI is InChI=1S/C16H16N2O4S/c1-12(19)17-14-7-9-15(10-8-14)23(21,22)11-16(20)18-13-5-3-2-4-6-13/h2-10H,11H2,1H3,(H,17,19)(H,18,20). The molecule has 23 heavy (non-hydrogen) atoms. The summed E-state index contributed by atoms with van der Waals surface area (Å²) in [6, 6.07) is 14.3. The molecule has 2 aromatic carbocycles. The summed E-state index contributed by atoms with van der Waals surface area (Å²) in [5.74, 6) is -1.51. The van der Waals surface area contributed by atoms with Gasteiger partial charge in [-0.05, 0) is 36.4 Å². The molecule has 2 rings (SSSR count). The molecular formula is C16H16N2O4S. The summed E-state index contributed by atoms with van der Waals surface area (Å²) in [6.07, 6.45) is 0. The lowest BCUT2D eigenvalue weighted by atomic mass is 10.3. The smallest absolute Gasteiger partial charge is 0.239 e. The van der Waals surface area contributed by atoms with Crippen LogP contribution >= 0.6 is 0 Å². The van der Waals surface area contributed by atoms with Gasteiger partial charge in [0.25, 0.3) is 0 Å². The van der Waals surface area contributed by atoms with Gasteiger partial charge in [0, 0.05) is 18.3 Å². The van der Waals surface area contributed by atoms with Gasteiger partial charge in [-0.15, -0.1) is 0 Å². The Morgan fingerprint density at radius 1 is 0.870 bits per heavy atom. The summed E-state index contributed by atoms with van der Waals surface area (Å²) < 4.78 is 24.4. The van der Waals surface area contributed by atoms with E-state index in [0.29, 0.717) is 11.4 Å². The van der Waals surface area contributed by atoms with E-state index in [4.69, 9.17) is 0 Å². The molecule has 120 valence electrons. The number of hydrogen-bond donors (Lipinski definition) is 2. The lowest BCUT2D eigenvalue weighted by Gasteiger charge is -2.07. The summed E-state index contributed by atoms with van der Waals surface area (Å²) in [5.41, 5.74) is 1.03. The van der Waals surface area contributed by atoms with Crippen molar-refractivity contribution in [3.63, 3.8) is 0 Å². The van der Waals surface area contributed by atoms with Crippen molar-refractivity contribution in [3.05, 3.63) is 54.6 Å². The normalized spacial score (nSPS) is 10.8. The van der Waals surface area contributed by atoms with Crippen molar-refractivity contribution in [1.29, 1.82) is 0 Å². The molecule has 0 atom stereocenters. The highest BCUT2D eigenvalue weighted by atomic mass is 32.2. The minimum Gasteiger partial charge on any atom is -0.326 e. The van der Waals surface area contributed by atoms with Gasteiger partial charge < -0.3 is 10.6 Å². The van der Waals surface area contributed by atoms with E-state index in [2.05, 4.69) is 10.6 Å². The Kier molecular flexibility index (Phi) is 5.13. The minimum atomic E-state index is -3.75. The Balaban J connectivity index is 2.06. The number of sulfone groups is 1. The number of carbonyl (C=O) groups is 2. The van der Waals surface area contributed by atoms with E-state index in [9.17, 15) is 18.0 Å². The van der Waals surface area contributed by atoms with Crippen LogP contribution in [0.25, 0.3) is 0 Å². The predicted molar refractivity (Wildman–Crippen MR) is 87.9 cm³/mol. The van der Waals surface area contributed by atoms with Gasteiger partial charge >= 0.3 is 0 Å². The first kappa shape index (κ1) is 16.7. The van der Waals surface area contributed by atoms with Crippen molar-refractivity contribution in [3.8, 4) is 0 Å². The fourth-order valence-electron chi connectivity index (χ4n) is 1.92. The van der Waals surface area contributed by atoms with Gasteiger partial charge in [0.1, 0.15) is 5.75 Å². The molecule has 0 radical (unpaired) electrons. The maximum atomic E-state index is 12.2. The van der Waals surface area contributed by atoms with Crippen LogP contribution in [-0.4, -0.2) is 26.0 Å². The molecule has 0 aliphatic rings. The molecular weight excluding hydrogens is 316 g/mol.